The fourth-order valence-corrected chi connectivity index (χ4v) is 2.88. The van der Waals surface area contributed by atoms with Gasteiger partial charge in [0.05, 0.1) is 0 Å². The van der Waals surface area contributed by atoms with Crippen LogP contribution in [0.3, 0.4) is 0 Å². The van der Waals surface area contributed by atoms with Gasteiger partial charge >= 0.3 is 0 Å². The minimum atomic E-state index is -0.235. The van der Waals surface area contributed by atoms with Crippen molar-refractivity contribution in [1.82, 2.24) is 4.90 Å². The maximum atomic E-state index is 12.7. The monoisotopic (exact) mass is 266 g/mol. The zero-order chi connectivity index (χ0) is 13.7. The molecule has 0 radical (unpaired) electrons. The Morgan fingerprint density at radius 3 is 2.74 bits per heavy atom. The minimum absolute atomic E-state index is 0.235. The molecule has 0 saturated heterocycles. The first-order chi connectivity index (χ1) is 9.20. The van der Waals surface area contributed by atoms with Crippen molar-refractivity contribution in [3.05, 3.63) is 30.1 Å². The number of benzene rings is 1. The van der Waals surface area contributed by atoms with Gasteiger partial charge in [0.1, 0.15) is 18.2 Å². The maximum absolute atomic E-state index is 12.7. The van der Waals surface area contributed by atoms with Crippen LogP contribution in [0.2, 0.25) is 0 Å². The van der Waals surface area contributed by atoms with E-state index in [0.29, 0.717) is 18.6 Å². The van der Waals surface area contributed by atoms with Gasteiger partial charge in [0.15, 0.2) is 0 Å². The van der Waals surface area contributed by atoms with Crippen LogP contribution >= 0.6 is 0 Å². The SMILES string of the molecule is CN(CCOc1ccc(F)cc1)C1CCCC1CN. The van der Waals surface area contributed by atoms with Crippen LogP contribution in [0.1, 0.15) is 19.3 Å². The summed E-state index contributed by atoms with van der Waals surface area (Å²) in [4.78, 5) is 2.34. The fraction of sp³-hybridized carbons (Fsp3) is 0.600. The fourth-order valence-electron chi connectivity index (χ4n) is 2.88. The highest BCUT2D eigenvalue weighted by molar-refractivity contribution is 5.21. The maximum Gasteiger partial charge on any atom is 0.123 e. The zero-order valence-electron chi connectivity index (χ0n) is 11.5. The van der Waals surface area contributed by atoms with E-state index >= 15 is 0 Å². The van der Waals surface area contributed by atoms with Gasteiger partial charge in [-0.1, -0.05) is 6.42 Å². The molecule has 0 spiro atoms. The average molecular weight is 266 g/mol. The Bertz CT molecular complexity index is 382. The summed E-state index contributed by atoms with van der Waals surface area (Å²) in [5.74, 6) is 1.11. The molecule has 1 aliphatic carbocycles. The van der Waals surface area contributed by atoms with Crippen molar-refractivity contribution in [3.63, 3.8) is 0 Å². The molecule has 19 heavy (non-hydrogen) atoms. The highest BCUT2D eigenvalue weighted by Gasteiger charge is 2.28. The normalized spacial score (nSPS) is 22.9. The van der Waals surface area contributed by atoms with Crippen molar-refractivity contribution in [2.75, 3.05) is 26.7 Å². The van der Waals surface area contributed by atoms with Gasteiger partial charge in [-0.25, -0.2) is 4.39 Å². The predicted molar refractivity (Wildman–Crippen MR) is 74.7 cm³/mol. The smallest absolute Gasteiger partial charge is 0.123 e. The first-order valence-electron chi connectivity index (χ1n) is 6.99. The summed E-state index contributed by atoms with van der Waals surface area (Å²) in [5, 5.41) is 0. The average Bonchev–Trinajstić information content (AvgIpc) is 2.89. The molecule has 1 aliphatic rings. The summed E-state index contributed by atoms with van der Waals surface area (Å²) in [5.41, 5.74) is 5.80. The van der Waals surface area contributed by atoms with E-state index in [4.69, 9.17) is 10.5 Å². The van der Waals surface area contributed by atoms with Crippen molar-refractivity contribution in [1.29, 1.82) is 0 Å². The van der Waals surface area contributed by atoms with E-state index < -0.39 is 0 Å². The molecular formula is C15H23FN2O. The molecule has 2 atom stereocenters. The second kappa shape index (κ2) is 6.87. The Morgan fingerprint density at radius 2 is 2.05 bits per heavy atom. The third-order valence-corrected chi connectivity index (χ3v) is 4.01. The van der Waals surface area contributed by atoms with Crippen molar-refractivity contribution in [3.8, 4) is 5.75 Å². The van der Waals surface area contributed by atoms with Gasteiger partial charge in [0.2, 0.25) is 0 Å². The molecule has 1 saturated carbocycles. The second-order valence-electron chi connectivity index (χ2n) is 5.28. The number of nitrogens with two attached hydrogens (primary N) is 1. The van der Waals surface area contributed by atoms with Crippen LogP contribution < -0.4 is 10.5 Å². The number of hydrogen-bond donors (Lipinski definition) is 1. The molecule has 2 N–H and O–H groups in total. The molecule has 1 aromatic carbocycles. The highest BCUT2D eigenvalue weighted by Crippen LogP contribution is 2.28. The Balaban J connectivity index is 1.74. The van der Waals surface area contributed by atoms with Gasteiger partial charge in [-0.05, 0) is 56.6 Å². The Kier molecular flexibility index (Phi) is 5.16. The van der Waals surface area contributed by atoms with E-state index in [-0.39, 0.29) is 5.82 Å². The van der Waals surface area contributed by atoms with Crippen LogP contribution in [-0.4, -0.2) is 37.7 Å². The Hall–Kier alpha value is -1.13. The number of nitrogens with zero attached hydrogens (tertiary/aromatic N) is 1. The van der Waals surface area contributed by atoms with E-state index in [1.165, 1.54) is 31.4 Å². The van der Waals surface area contributed by atoms with E-state index in [9.17, 15) is 4.39 Å². The van der Waals surface area contributed by atoms with Gasteiger partial charge in [-0.3, -0.25) is 4.90 Å². The molecule has 0 bridgehead atoms. The standard InChI is InChI=1S/C15H23FN2O/c1-18(15-4-2-3-12(15)11-17)9-10-19-14-7-5-13(16)6-8-14/h5-8,12,15H,2-4,9-11,17H2,1H3. The van der Waals surface area contributed by atoms with E-state index in [0.717, 1.165) is 18.8 Å². The van der Waals surface area contributed by atoms with Crippen molar-refractivity contribution in [2.45, 2.75) is 25.3 Å². The Labute approximate surface area is 114 Å². The van der Waals surface area contributed by atoms with Crippen molar-refractivity contribution in [2.24, 2.45) is 11.7 Å². The largest absolute Gasteiger partial charge is 0.492 e. The molecule has 3 nitrogen and oxygen atoms in total. The molecule has 0 aromatic heterocycles. The van der Waals surface area contributed by atoms with Gasteiger partial charge in [-0.15, -0.1) is 0 Å². The van der Waals surface area contributed by atoms with Crippen molar-refractivity contribution >= 4 is 0 Å². The van der Waals surface area contributed by atoms with E-state index in [2.05, 4.69) is 11.9 Å². The molecule has 106 valence electrons. The lowest BCUT2D eigenvalue weighted by Crippen LogP contribution is -2.39. The molecule has 1 fully saturated rings. The number of rotatable bonds is 6. The third-order valence-electron chi connectivity index (χ3n) is 4.01. The molecule has 0 amide bonds. The molecule has 4 heteroatoms. The quantitative estimate of drug-likeness (QED) is 0.858. The van der Waals surface area contributed by atoms with Gasteiger partial charge in [-0.2, -0.15) is 0 Å². The molecule has 0 aliphatic heterocycles. The lowest BCUT2D eigenvalue weighted by molar-refractivity contribution is 0.165. The molecule has 2 unspecified atom stereocenters. The molecule has 1 aromatic rings. The van der Waals surface area contributed by atoms with E-state index in [1.54, 1.807) is 12.1 Å². The topological polar surface area (TPSA) is 38.5 Å². The van der Waals surface area contributed by atoms with Gasteiger partial charge in [0.25, 0.3) is 0 Å². The number of likely N-dealkylation sites (N-methyl/N-ethyl adjacent to an activating group) is 1. The molecule has 2 rings (SSSR count). The van der Waals surface area contributed by atoms with Gasteiger partial charge in [0, 0.05) is 12.6 Å². The highest BCUT2D eigenvalue weighted by atomic mass is 19.1. The first-order valence-corrected chi connectivity index (χ1v) is 6.99. The van der Waals surface area contributed by atoms with Crippen molar-refractivity contribution < 1.29 is 9.13 Å². The van der Waals surface area contributed by atoms with Crippen LogP contribution in [0.5, 0.6) is 5.75 Å². The van der Waals surface area contributed by atoms with Gasteiger partial charge < -0.3 is 10.5 Å². The number of ether oxygens (including phenoxy) is 1. The number of halogens is 1. The van der Waals surface area contributed by atoms with E-state index in [1.807, 2.05) is 0 Å². The minimum Gasteiger partial charge on any atom is -0.492 e. The van der Waals surface area contributed by atoms with Crippen LogP contribution in [0, 0.1) is 11.7 Å². The number of hydrogen-bond acceptors (Lipinski definition) is 3. The summed E-state index contributed by atoms with van der Waals surface area (Å²) in [6, 6.07) is 6.74. The lowest BCUT2D eigenvalue weighted by Gasteiger charge is -2.28. The van der Waals surface area contributed by atoms with Crippen LogP contribution in [-0.2, 0) is 0 Å². The third kappa shape index (κ3) is 3.91. The summed E-state index contributed by atoms with van der Waals surface area (Å²) in [6.45, 7) is 2.27. The lowest BCUT2D eigenvalue weighted by atomic mass is 10.0. The zero-order valence-corrected chi connectivity index (χ0v) is 11.5. The Morgan fingerprint density at radius 1 is 1.32 bits per heavy atom. The first kappa shape index (κ1) is 14.3. The summed E-state index contributed by atoms with van der Waals surface area (Å²) < 4.78 is 18.4. The second-order valence-corrected chi connectivity index (χ2v) is 5.28. The predicted octanol–water partition coefficient (Wildman–Crippen LogP) is 2.26. The summed E-state index contributed by atoms with van der Waals surface area (Å²) in [7, 11) is 2.13. The van der Waals surface area contributed by atoms with Crippen LogP contribution in [0.25, 0.3) is 0 Å². The van der Waals surface area contributed by atoms with Crippen LogP contribution in [0.4, 0.5) is 4.39 Å². The summed E-state index contributed by atoms with van der Waals surface area (Å²) in [6.07, 6.45) is 3.74. The van der Waals surface area contributed by atoms with Crippen LogP contribution in [0.15, 0.2) is 24.3 Å². The summed E-state index contributed by atoms with van der Waals surface area (Å²) >= 11 is 0. The molecule has 0 heterocycles. The molecular weight excluding hydrogens is 243 g/mol.